The topological polar surface area (TPSA) is 54.4 Å². The van der Waals surface area contributed by atoms with E-state index in [4.69, 9.17) is 16.3 Å². The van der Waals surface area contributed by atoms with Crippen molar-refractivity contribution in [2.24, 2.45) is 0 Å². The van der Waals surface area contributed by atoms with E-state index in [0.29, 0.717) is 24.1 Å². The fraction of sp³-hybridized carbons (Fsp3) is 0.267. The lowest BCUT2D eigenvalue weighted by atomic mass is 10.2. The molecule has 0 aliphatic rings. The van der Waals surface area contributed by atoms with Crippen molar-refractivity contribution in [2.75, 3.05) is 11.9 Å². The van der Waals surface area contributed by atoms with Crippen LogP contribution in [0.5, 0.6) is 5.75 Å². The van der Waals surface area contributed by atoms with Crippen LogP contribution in [0.4, 0.5) is 5.69 Å². The Labute approximate surface area is 123 Å². The average Bonchev–Trinajstić information content (AvgIpc) is 2.48. The molecule has 0 aliphatic heterocycles. The zero-order chi connectivity index (χ0) is 14.4. The van der Waals surface area contributed by atoms with Crippen LogP contribution in [0.25, 0.3) is 0 Å². The Morgan fingerprint density at radius 3 is 2.80 bits per heavy atom. The first-order valence-corrected chi connectivity index (χ1v) is 6.81. The lowest BCUT2D eigenvalue weighted by Gasteiger charge is -2.12. The number of aliphatic hydroxyl groups is 1. The summed E-state index contributed by atoms with van der Waals surface area (Å²) in [7, 11) is 0. The normalized spacial score (nSPS) is 10.3. The van der Waals surface area contributed by atoms with E-state index in [0.717, 1.165) is 16.8 Å². The predicted octanol–water partition coefficient (Wildman–Crippen LogP) is 3.24. The molecule has 2 N–H and O–H groups in total. The van der Waals surface area contributed by atoms with E-state index < -0.39 is 0 Å². The van der Waals surface area contributed by atoms with Gasteiger partial charge in [0.1, 0.15) is 10.9 Å². The van der Waals surface area contributed by atoms with Gasteiger partial charge in [0.15, 0.2) is 0 Å². The summed E-state index contributed by atoms with van der Waals surface area (Å²) >= 11 is 5.74. The highest BCUT2D eigenvalue weighted by molar-refractivity contribution is 6.29. The quantitative estimate of drug-likeness (QED) is 0.803. The molecule has 1 heterocycles. The number of hydrogen-bond donors (Lipinski definition) is 2. The SMILES string of the molecule is CCOc1ccc(NCc2ccc(Cl)nc2)cc1CO. The van der Waals surface area contributed by atoms with Crippen molar-refractivity contribution in [3.05, 3.63) is 52.8 Å². The van der Waals surface area contributed by atoms with Crippen LogP contribution in [0.15, 0.2) is 36.5 Å². The van der Waals surface area contributed by atoms with Crippen LogP contribution in [0.3, 0.4) is 0 Å². The summed E-state index contributed by atoms with van der Waals surface area (Å²) in [6, 6.07) is 9.35. The van der Waals surface area contributed by atoms with Gasteiger partial charge in [0.2, 0.25) is 0 Å². The van der Waals surface area contributed by atoms with Gasteiger partial charge in [-0.3, -0.25) is 0 Å². The number of pyridine rings is 1. The Bertz CT molecular complexity index is 558. The van der Waals surface area contributed by atoms with E-state index >= 15 is 0 Å². The molecule has 0 bridgehead atoms. The number of hydrogen-bond acceptors (Lipinski definition) is 4. The molecule has 0 spiro atoms. The van der Waals surface area contributed by atoms with Gasteiger partial charge >= 0.3 is 0 Å². The molecule has 2 rings (SSSR count). The van der Waals surface area contributed by atoms with Crippen molar-refractivity contribution in [3.8, 4) is 5.75 Å². The van der Waals surface area contributed by atoms with Gasteiger partial charge < -0.3 is 15.2 Å². The third-order valence-corrected chi connectivity index (χ3v) is 3.04. The van der Waals surface area contributed by atoms with Crippen molar-refractivity contribution < 1.29 is 9.84 Å². The van der Waals surface area contributed by atoms with Crippen LogP contribution in [0.2, 0.25) is 5.15 Å². The third-order valence-electron chi connectivity index (χ3n) is 2.82. The number of benzene rings is 1. The lowest BCUT2D eigenvalue weighted by molar-refractivity contribution is 0.267. The molecule has 0 radical (unpaired) electrons. The number of nitrogens with zero attached hydrogens (tertiary/aromatic N) is 1. The van der Waals surface area contributed by atoms with Crippen molar-refractivity contribution >= 4 is 17.3 Å². The number of rotatable bonds is 6. The van der Waals surface area contributed by atoms with Crippen molar-refractivity contribution in [1.29, 1.82) is 0 Å². The average molecular weight is 293 g/mol. The maximum Gasteiger partial charge on any atom is 0.129 e. The van der Waals surface area contributed by atoms with Crippen molar-refractivity contribution in [3.63, 3.8) is 0 Å². The maximum atomic E-state index is 9.35. The number of aliphatic hydroxyl groups excluding tert-OH is 1. The van der Waals surface area contributed by atoms with Crippen molar-refractivity contribution in [2.45, 2.75) is 20.1 Å². The molecule has 1 aromatic carbocycles. The maximum absolute atomic E-state index is 9.35. The monoisotopic (exact) mass is 292 g/mol. The van der Waals surface area contributed by atoms with E-state index in [2.05, 4.69) is 10.3 Å². The summed E-state index contributed by atoms with van der Waals surface area (Å²) in [5.41, 5.74) is 2.73. The standard InChI is InChI=1S/C15H17ClN2O2/c1-2-20-14-5-4-13(7-12(14)10-19)17-8-11-3-6-15(16)18-9-11/h3-7,9,17,19H,2,8,10H2,1H3. The fourth-order valence-corrected chi connectivity index (χ4v) is 1.94. The third kappa shape index (κ3) is 3.85. The largest absolute Gasteiger partial charge is 0.494 e. The first-order chi connectivity index (χ1) is 9.72. The molecule has 0 amide bonds. The van der Waals surface area contributed by atoms with Crippen LogP contribution < -0.4 is 10.1 Å². The lowest BCUT2D eigenvalue weighted by Crippen LogP contribution is -2.02. The molecule has 2 aromatic rings. The highest BCUT2D eigenvalue weighted by atomic mass is 35.5. The minimum absolute atomic E-state index is 0.0483. The zero-order valence-electron chi connectivity index (χ0n) is 11.3. The molecule has 5 heteroatoms. The van der Waals surface area contributed by atoms with Gasteiger partial charge in [-0.25, -0.2) is 4.98 Å². The molecule has 0 atom stereocenters. The summed E-state index contributed by atoms with van der Waals surface area (Å²) in [5.74, 6) is 0.716. The highest BCUT2D eigenvalue weighted by Gasteiger charge is 2.04. The summed E-state index contributed by atoms with van der Waals surface area (Å²) in [4.78, 5) is 4.03. The van der Waals surface area contributed by atoms with Crippen LogP contribution in [0, 0.1) is 0 Å². The molecular formula is C15H17ClN2O2. The molecule has 0 unspecified atom stereocenters. The Balaban J connectivity index is 2.04. The van der Waals surface area contributed by atoms with Crippen LogP contribution in [0.1, 0.15) is 18.1 Å². The van der Waals surface area contributed by atoms with Gasteiger partial charge in [0.25, 0.3) is 0 Å². The predicted molar refractivity (Wildman–Crippen MR) is 80.1 cm³/mol. The van der Waals surface area contributed by atoms with Gasteiger partial charge in [0.05, 0.1) is 13.2 Å². The Kier molecular flexibility index (Phi) is 5.21. The minimum Gasteiger partial charge on any atom is -0.494 e. The van der Waals surface area contributed by atoms with Crippen molar-refractivity contribution in [1.82, 2.24) is 4.98 Å². The van der Waals surface area contributed by atoms with Gasteiger partial charge in [-0.1, -0.05) is 17.7 Å². The van der Waals surface area contributed by atoms with E-state index in [1.807, 2.05) is 31.2 Å². The Morgan fingerprint density at radius 1 is 1.30 bits per heavy atom. The fourth-order valence-electron chi connectivity index (χ4n) is 1.82. The second kappa shape index (κ2) is 7.12. The number of aromatic nitrogens is 1. The summed E-state index contributed by atoms with van der Waals surface area (Å²) in [6.45, 7) is 3.09. The summed E-state index contributed by atoms with van der Waals surface area (Å²) in [6.07, 6.45) is 1.73. The second-order valence-electron chi connectivity index (χ2n) is 4.26. The summed E-state index contributed by atoms with van der Waals surface area (Å²) in [5, 5.41) is 13.1. The Hall–Kier alpha value is -1.78. The molecule has 0 aliphatic carbocycles. The molecule has 20 heavy (non-hydrogen) atoms. The summed E-state index contributed by atoms with van der Waals surface area (Å²) < 4.78 is 5.45. The Morgan fingerprint density at radius 2 is 2.15 bits per heavy atom. The van der Waals surface area contributed by atoms with Gasteiger partial charge in [0, 0.05) is 24.0 Å². The molecule has 0 saturated heterocycles. The molecule has 4 nitrogen and oxygen atoms in total. The van der Waals surface area contributed by atoms with E-state index in [9.17, 15) is 5.11 Å². The van der Waals surface area contributed by atoms with Crippen LogP contribution in [-0.2, 0) is 13.2 Å². The number of halogens is 1. The first-order valence-electron chi connectivity index (χ1n) is 6.43. The molecule has 0 saturated carbocycles. The number of nitrogens with one attached hydrogen (secondary N) is 1. The minimum atomic E-state index is -0.0483. The van der Waals surface area contributed by atoms with Crippen LogP contribution in [-0.4, -0.2) is 16.7 Å². The van der Waals surface area contributed by atoms with E-state index in [-0.39, 0.29) is 6.61 Å². The molecule has 106 valence electrons. The number of ether oxygens (including phenoxy) is 1. The van der Waals surface area contributed by atoms with E-state index in [1.54, 1.807) is 12.3 Å². The first kappa shape index (κ1) is 14.6. The molecule has 1 aromatic heterocycles. The number of anilines is 1. The van der Waals surface area contributed by atoms with E-state index in [1.165, 1.54) is 0 Å². The smallest absolute Gasteiger partial charge is 0.129 e. The zero-order valence-corrected chi connectivity index (χ0v) is 12.0. The molecular weight excluding hydrogens is 276 g/mol. The van der Waals surface area contributed by atoms with Gasteiger partial charge in [-0.2, -0.15) is 0 Å². The highest BCUT2D eigenvalue weighted by Crippen LogP contribution is 2.23. The second-order valence-corrected chi connectivity index (χ2v) is 4.64. The van der Waals surface area contributed by atoms with Crippen LogP contribution >= 0.6 is 11.6 Å². The van der Waals surface area contributed by atoms with Gasteiger partial charge in [-0.05, 0) is 36.8 Å². The van der Waals surface area contributed by atoms with Gasteiger partial charge in [-0.15, -0.1) is 0 Å². The molecule has 0 fully saturated rings.